The molecule has 1 heterocycles. The fourth-order valence-corrected chi connectivity index (χ4v) is 3.18. The predicted molar refractivity (Wildman–Crippen MR) is 94.2 cm³/mol. The molecule has 1 fully saturated rings. The molecule has 132 valence electrons. The highest BCUT2D eigenvalue weighted by molar-refractivity contribution is 5.94. The highest BCUT2D eigenvalue weighted by Gasteiger charge is 2.28. The molecule has 1 aromatic rings. The first-order valence-corrected chi connectivity index (χ1v) is 8.73. The SMILES string of the molecule is CC(C)NC(=O)c1ccc(OCC(=O)N2[C@H](C)CCC[C@@H]2C)cc1. The van der Waals surface area contributed by atoms with Gasteiger partial charge < -0.3 is 15.0 Å². The minimum absolute atomic E-state index is 0.0244. The first-order chi connectivity index (χ1) is 11.4. The van der Waals surface area contributed by atoms with E-state index in [0.717, 1.165) is 12.8 Å². The molecular formula is C19H28N2O3. The summed E-state index contributed by atoms with van der Waals surface area (Å²) in [6, 6.07) is 7.52. The Kier molecular flexibility index (Phi) is 6.23. The van der Waals surface area contributed by atoms with Gasteiger partial charge in [-0.2, -0.15) is 0 Å². The average Bonchev–Trinajstić information content (AvgIpc) is 2.52. The van der Waals surface area contributed by atoms with Crippen LogP contribution in [0.4, 0.5) is 0 Å². The normalized spacial score (nSPS) is 20.8. The number of nitrogens with zero attached hydrogens (tertiary/aromatic N) is 1. The zero-order valence-corrected chi connectivity index (χ0v) is 15.0. The Labute approximate surface area is 144 Å². The van der Waals surface area contributed by atoms with Crippen LogP contribution in [0.3, 0.4) is 0 Å². The van der Waals surface area contributed by atoms with Gasteiger partial charge in [0.05, 0.1) is 0 Å². The second-order valence-electron chi connectivity index (χ2n) is 6.87. The molecule has 1 aromatic carbocycles. The van der Waals surface area contributed by atoms with Gasteiger partial charge in [-0.05, 0) is 71.2 Å². The summed E-state index contributed by atoms with van der Waals surface area (Å²) in [5.74, 6) is 0.515. The van der Waals surface area contributed by atoms with Gasteiger partial charge in [0.25, 0.3) is 11.8 Å². The van der Waals surface area contributed by atoms with Gasteiger partial charge in [0, 0.05) is 23.7 Å². The van der Waals surface area contributed by atoms with E-state index in [1.54, 1.807) is 24.3 Å². The molecule has 24 heavy (non-hydrogen) atoms. The highest BCUT2D eigenvalue weighted by atomic mass is 16.5. The smallest absolute Gasteiger partial charge is 0.260 e. The van der Waals surface area contributed by atoms with Crippen LogP contribution in [0, 0.1) is 0 Å². The van der Waals surface area contributed by atoms with Crippen LogP contribution in [-0.2, 0) is 4.79 Å². The van der Waals surface area contributed by atoms with E-state index in [-0.39, 0.29) is 36.5 Å². The van der Waals surface area contributed by atoms with E-state index in [0.29, 0.717) is 11.3 Å². The molecule has 1 aliphatic heterocycles. The third-order valence-electron chi connectivity index (χ3n) is 4.38. The molecular weight excluding hydrogens is 304 g/mol. The molecule has 1 N–H and O–H groups in total. The fraction of sp³-hybridized carbons (Fsp3) is 0.579. The van der Waals surface area contributed by atoms with E-state index < -0.39 is 0 Å². The zero-order valence-electron chi connectivity index (χ0n) is 15.0. The lowest BCUT2D eigenvalue weighted by molar-refractivity contribution is -0.139. The molecule has 2 amide bonds. The molecule has 0 unspecified atom stereocenters. The summed E-state index contributed by atoms with van der Waals surface area (Å²) in [7, 11) is 0. The van der Waals surface area contributed by atoms with Crippen molar-refractivity contribution in [3.8, 4) is 5.75 Å². The van der Waals surface area contributed by atoms with Gasteiger partial charge in [-0.1, -0.05) is 0 Å². The van der Waals surface area contributed by atoms with Gasteiger partial charge in [0.1, 0.15) is 5.75 Å². The number of ether oxygens (including phenoxy) is 1. The van der Waals surface area contributed by atoms with Gasteiger partial charge in [0.15, 0.2) is 6.61 Å². The van der Waals surface area contributed by atoms with Crippen molar-refractivity contribution in [3.05, 3.63) is 29.8 Å². The van der Waals surface area contributed by atoms with Crippen molar-refractivity contribution in [3.63, 3.8) is 0 Å². The molecule has 0 saturated carbocycles. The summed E-state index contributed by atoms with van der Waals surface area (Å²) in [4.78, 5) is 26.3. The van der Waals surface area contributed by atoms with E-state index in [1.807, 2.05) is 18.7 Å². The monoisotopic (exact) mass is 332 g/mol. The van der Waals surface area contributed by atoms with E-state index in [9.17, 15) is 9.59 Å². The Balaban J connectivity index is 1.90. The predicted octanol–water partition coefficient (Wildman–Crippen LogP) is 2.99. The summed E-state index contributed by atoms with van der Waals surface area (Å²) in [6.07, 6.45) is 3.28. The molecule has 0 spiro atoms. The van der Waals surface area contributed by atoms with Gasteiger partial charge in [-0.25, -0.2) is 0 Å². The van der Waals surface area contributed by atoms with Crippen LogP contribution >= 0.6 is 0 Å². The van der Waals surface area contributed by atoms with Crippen molar-refractivity contribution >= 4 is 11.8 Å². The van der Waals surface area contributed by atoms with Crippen LogP contribution in [0.5, 0.6) is 5.75 Å². The highest BCUT2D eigenvalue weighted by Crippen LogP contribution is 2.22. The van der Waals surface area contributed by atoms with Gasteiger partial charge >= 0.3 is 0 Å². The molecule has 2 atom stereocenters. The standard InChI is InChI=1S/C19H28N2O3/c1-13(2)20-19(23)16-8-10-17(11-9-16)24-12-18(22)21-14(3)6-5-7-15(21)4/h8-11,13-15H,5-7,12H2,1-4H3,(H,20,23)/t14-,15+. The largest absolute Gasteiger partial charge is 0.484 e. The van der Waals surface area contributed by atoms with Gasteiger partial charge in [-0.15, -0.1) is 0 Å². The van der Waals surface area contributed by atoms with Crippen molar-refractivity contribution in [2.24, 2.45) is 0 Å². The minimum Gasteiger partial charge on any atom is -0.484 e. The molecule has 0 radical (unpaired) electrons. The van der Waals surface area contributed by atoms with E-state index in [4.69, 9.17) is 4.74 Å². The number of benzene rings is 1. The van der Waals surface area contributed by atoms with Crippen LogP contribution in [-0.4, -0.2) is 41.4 Å². The molecule has 5 nitrogen and oxygen atoms in total. The fourth-order valence-electron chi connectivity index (χ4n) is 3.18. The summed E-state index contributed by atoms with van der Waals surface area (Å²) in [5, 5.41) is 2.84. The quantitative estimate of drug-likeness (QED) is 0.902. The molecule has 0 aromatic heterocycles. The third kappa shape index (κ3) is 4.73. The Hall–Kier alpha value is -2.04. The first kappa shape index (κ1) is 18.3. The molecule has 1 aliphatic rings. The van der Waals surface area contributed by atoms with Crippen molar-refractivity contribution in [2.75, 3.05) is 6.61 Å². The number of carbonyl (C=O) groups is 2. The second-order valence-corrected chi connectivity index (χ2v) is 6.87. The second kappa shape index (κ2) is 8.18. The maximum absolute atomic E-state index is 12.4. The number of piperidine rings is 1. The average molecular weight is 332 g/mol. The van der Waals surface area contributed by atoms with E-state index in [2.05, 4.69) is 19.2 Å². The number of rotatable bonds is 5. The maximum atomic E-state index is 12.4. The lowest BCUT2D eigenvalue weighted by Gasteiger charge is -2.38. The van der Waals surface area contributed by atoms with Gasteiger partial charge in [0.2, 0.25) is 0 Å². The Morgan fingerprint density at radius 2 is 1.75 bits per heavy atom. The van der Waals surface area contributed by atoms with Crippen LogP contribution in [0.15, 0.2) is 24.3 Å². The molecule has 5 heteroatoms. The van der Waals surface area contributed by atoms with Crippen molar-refractivity contribution < 1.29 is 14.3 Å². The number of hydrogen-bond donors (Lipinski definition) is 1. The van der Waals surface area contributed by atoms with Crippen molar-refractivity contribution in [2.45, 2.75) is 65.1 Å². The Morgan fingerprint density at radius 3 is 2.29 bits per heavy atom. The van der Waals surface area contributed by atoms with Crippen LogP contribution in [0.1, 0.15) is 57.3 Å². The number of nitrogens with one attached hydrogen (secondary N) is 1. The molecule has 0 aliphatic carbocycles. The number of likely N-dealkylation sites (tertiary alicyclic amines) is 1. The lowest BCUT2D eigenvalue weighted by Crippen LogP contribution is -2.49. The lowest BCUT2D eigenvalue weighted by atomic mass is 9.97. The molecule has 2 rings (SSSR count). The van der Waals surface area contributed by atoms with Crippen molar-refractivity contribution in [1.82, 2.24) is 10.2 Å². The zero-order chi connectivity index (χ0) is 17.7. The van der Waals surface area contributed by atoms with Crippen LogP contribution in [0.25, 0.3) is 0 Å². The Morgan fingerprint density at radius 1 is 1.17 bits per heavy atom. The number of amides is 2. The summed E-state index contributed by atoms with van der Waals surface area (Å²) in [6.45, 7) is 8.06. The third-order valence-corrected chi connectivity index (χ3v) is 4.38. The summed E-state index contributed by atoms with van der Waals surface area (Å²) < 4.78 is 5.61. The Bertz CT molecular complexity index is 558. The van der Waals surface area contributed by atoms with E-state index >= 15 is 0 Å². The van der Waals surface area contributed by atoms with Crippen LogP contribution < -0.4 is 10.1 Å². The van der Waals surface area contributed by atoms with Crippen molar-refractivity contribution in [1.29, 1.82) is 0 Å². The minimum atomic E-state index is -0.108. The topological polar surface area (TPSA) is 58.6 Å². The number of hydrogen-bond acceptors (Lipinski definition) is 3. The van der Waals surface area contributed by atoms with Gasteiger partial charge in [-0.3, -0.25) is 9.59 Å². The number of carbonyl (C=O) groups excluding carboxylic acids is 2. The summed E-state index contributed by atoms with van der Waals surface area (Å²) in [5.41, 5.74) is 0.584. The first-order valence-electron chi connectivity index (χ1n) is 8.73. The van der Waals surface area contributed by atoms with E-state index in [1.165, 1.54) is 6.42 Å². The van der Waals surface area contributed by atoms with Crippen LogP contribution in [0.2, 0.25) is 0 Å². The summed E-state index contributed by atoms with van der Waals surface area (Å²) >= 11 is 0. The maximum Gasteiger partial charge on any atom is 0.260 e. The molecule has 0 bridgehead atoms. The molecule has 1 saturated heterocycles.